The smallest absolute Gasteiger partial charge is 0.365 e. The Kier molecular flexibility index (Phi) is 4.22. The number of nitrogens with one attached hydrogen (secondary N) is 1. The van der Waals surface area contributed by atoms with Crippen molar-refractivity contribution in [2.75, 3.05) is 5.32 Å². The highest BCUT2D eigenvalue weighted by Crippen LogP contribution is 2.39. The highest BCUT2D eigenvalue weighted by atomic mass is 32.1. The number of pyridine rings is 1. The predicted molar refractivity (Wildman–Crippen MR) is 98.8 cm³/mol. The summed E-state index contributed by atoms with van der Waals surface area (Å²) in [5.41, 5.74) is 4.91. The molecular weight excluding hydrogens is 409 g/mol. The van der Waals surface area contributed by atoms with Gasteiger partial charge in [0.05, 0.1) is 5.69 Å². The van der Waals surface area contributed by atoms with Crippen LogP contribution in [0.4, 0.5) is 18.9 Å². The van der Waals surface area contributed by atoms with E-state index >= 15 is 0 Å². The summed E-state index contributed by atoms with van der Waals surface area (Å²) in [4.78, 5) is 32.0. The van der Waals surface area contributed by atoms with E-state index in [0.29, 0.717) is 17.0 Å². The van der Waals surface area contributed by atoms with Gasteiger partial charge in [0.2, 0.25) is 0 Å². The van der Waals surface area contributed by atoms with Gasteiger partial charge in [0.1, 0.15) is 15.4 Å². The first-order valence-corrected chi connectivity index (χ1v) is 8.89. The highest BCUT2D eigenvalue weighted by molar-refractivity contribution is 7.21. The average molecular weight is 420 g/mol. The standard InChI is InChI=1S/C17H11F3N6O2S/c1-7-5-9(17(18,19)20)23-16-11(7)12(13(29-16)14(21)27)24-15(28)8-6-10-22-3-2-4-26(10)25-8/h2-6H,1H3,(H2,21,27)(H,24,28). The third-order valence-electron chi connectivity index (χ3n) is 4.08. The van der Waals surface area contributed by atoms with E-state index < -0.39 is 23.7 Å². The Balaban J connectivity index is 1.82. The van der Waals surface area contributed by atoms with E-state index in [1.807, 2.05) is 0 Å². The molecule has 8 nitrogen and oxygen atoms in total. The molecular formula is C17H11F3N6O2S. The molecule has 0 aliphatic carbocycles. The SMILES string of the molecule is Cc1cc(C(F)(F)F)nc2sc(C(N)=O)c(NC(=O)c3cc4ncccn4n3)c12. The van der Waals surface area contributed by atoms with Crippen LogP contribution in [0.25, 0.3) is 15.9 Å². The molecule has 2 amide bonds. The van der Waals surface area contributed by atoms with Crippen LogP contribution in [0.1, 0.15) is 31.4 Å². The number of rotatable bonds is 3. The molecule has 29 heavy (non-hydrogen) atoms. The van der Waals surface area contributed by atoms with Gasteiger partial charge in [-0.1, -0.05) is 0 Å². The van der Waals surface area contributed by atoms with Crippen LogP contribution in [0.5, 0.6) is 0 Å². The van der Waals surface area contributed by atoms with Gasteiger partial charge < -0.3 is 11.1 Å². The second kappa shape index (κ2) is 6.51. The topological polar surface area (TPSA) is 115 Å². The number of aryl methyl sites for hydroxylation is 1. The number of amides is 2. The Labute approximate surface area is 164 Å². The molecule has 0 bridgehead atoms. The van der Waals surface area contributed by atoms with Crippen molar-refractivity contribution in [2.24, 2.45) is 5.73 Å². The second-order valence-electron chi connectivity index (χ2n) is 6.08. The Bertz CT molecular complexity index is 1260. The summed E-state index contributed by atoms with van der Waals surface area (Å²) in [6, 6.07) is 3.91. The fraction of sp³-hybridized carbons (Fsp3) is 0.118. The molecule has 0 unspecified atom stereocenters. The highest BCUT2D eigenvalue weighted by Gasteiger charge is 2.34. The van der Waals surface area contributed by atoms with Crippen LogP contribution in [0, 0.1) is 6.92 Å². The molecule has 0 aliphatic heterocycles. The molecule has 0 aromatic carbocycles. The predicted octanol–water partition coefficient (Wildman–Crippen LogP) is 3.02. The minimum Gasteiger partial charge on any atom is -0.365 e. The molecule has 4 aromatic heterocycles. The Morgan fingerprint density at radius 1 is 1.28 bits per heavy atom. The number of nitrogens with zero attached hydrogens (tertiary/aromatic N) is 4. The molecule has 4 heterocycles. The molecule has 0 radical (unpaired) electrons. The van der Waals surface area contributed by atoms with Crippen molar-refractivity contribution in [1.82, 2.24) is 19.6 Å². The van der Waals surface area contributed by atoms with Gasteiger partial charge in [0.25, 0.3) is 11.8 Å². The number of anilines is 1. The number of fused-ring (bicyclic) bond motifs is 2. The van der Waals surface area contributed by atoms with Gasteiger partial charge in [-0.05, 0) is 24.6 Å². The van der Waals surface area contributed by atoms with Crippen LogP contribution in [0.15, 0.2) is 30.6 Å². The number of hydrogen-bond acceptors (Lipinski definition) is 6. The van der Waals surface area contributed by atoms with Crippen LogP contribution in [0.2, 0.25) is 0 Å². The first kappa shape index (κ1) is 18.8. The van der Waals surface area contributed by atoms with Crippen LogP contribution in [-0.2, 0) is 6.18 Å². The fourth-order valence-electron chi connectivity index (χ4n) is 2.84. The van der Waals surface area contributed by atoms with Gasteiger partial charge in [-0.25, -0.2) is 14.5 Å². The monoisotopic (exact) mass is 420 g/mol. The number of aromatic nitrogens is 4. The van der Waals surface area contributed by atoms with Gasteiger partial charge >= 0.3 is 6.18 Å². The molecule has 4 aromatic rings. The lowest BCUT2D eigenvalue weighted by atomic mass is 10.1. The van der Waals surface area contributed by atoms with E-state index in [1.165, 1.54) is 23.7 Å². The van der Waals surface area contributed by atoms with Crippen molar-refractivity contribution in [3.8, 4) is 0 Å². The average Bonchev–Trinajstić information content (AvgIpc) is 3.23. The van der Waals surface area contributed by atoms with E-state index in [9.17, 15) is 22.8 Å². The van der Waals surface area contributed by atoms with Gasteiger partial charge in [0.15, 0.2) is 11.3 Å². The minimum absolute atomic E-state index is 0.00578. The molecule has 3 N–H and O–H groups in total. The van der Waals surface area contributed by atoms with E-state index in [4.69, 9.17) is 5.73 Å². The fourth-order valence-corrected chi connectivity index (χ4v) is 3.90. The van der Waals surface area contributed by atoms with Gasteiger partial charge in [-0.2, -0.15) is 18.3 Å². The summed E-state index contributed by atoms with van der Waals surface area (Å²) < 4.78 is 40.6. The maximum atomic E-state index is 13.1. The molecule has 0 saturated carbocycles. The number of carbonyl (C=O) groups is 2. The van der Waals surface area contributed by atoms with E-state index in [2.05, 4.69) is 20.4 Å². The maximum absolute atomic E-state index is 13.1. The Hall–Kier alpha value is -3.54. The van der Waals surface area contributed by atoms with E-state index in [1.54, 1.807) is 12.3 Å². The lowest BCUT2D eigenvalue weighted by Gasteiger charge is -2.09. The number of carbonyl (C=O) groups excluding carboxylic acids is 2. The first-order chi connectivity index (χ1) is 13.6. The molecule has 12 heteroatoms. The number of alkyl halides is 3. The van der Waals surface area contributed by atoms with Crippen LogP contribution in [-0.4, -0.2) is 31.4 Å². The minimum atomic E-state index is -4.65. The molecule has 0 spiro atoms. The van der Waals surface area contributed by atoms with E-state index in [0.717, 1.165) is 6.07 Å². The molecule has 148 valence electrons. The normalized spacial score (nSPS) is 11.9. The molecule has 0 atom stereocenters. The van der Waals surface area contributed by atoms with Crippen molar-refractivity contribution in [3.05, 3.63) is 52.4 Å². The number of nitrogens with two attached hydrogens (primary N) is 1. The summed E-state index contributed by atoms with van der Waals surface area (Å²) >= 11 is 0.680. The van der Waals surface area contributed by atoms with Crippen LogP contribution >= 0.6 is 11.3 Å². The van der Waals surface area contributed by atoms with Crippen LogP contribution in [0.3, 0.4) is 0 Å². The number of halogens is 3. The van der Waals surface area contributed by atoms with Gasteiger partial charge in [-0.15, -0.1) is 11.3 Å². The third-order valence-corrected chi connectivity index (χ3v) is 5.18. The molecule has 0 fully saturated rings. The van der Waals surface area contributed by atoms with Crippen molar-refractivity contribution in [2.45, 2.75) is 13.1 Å². The lowest BCUT2D eigenvalue weighted by molar-refractivity contribution is -0.141. The number of thiophene rings is 1. The molecule has 0 aliphatic rings. The lowest BCUT2D eigenvalue weighted by Crippen LogP contribution is -2.17. The third kappa shape index (κ3) is 3.27. The Morgan fingerprint density at radius 2 is 2.03 bits per heavy atom. The molecule has 0 saturated heterocycles. The summed E-state index contributed by atoms with van der Waals surface area (Å²) in [6.07, 6.45) is -1.52. The zero-order chi connectivity index (χ0) is 20.9. The molecule has 4 rings (SSSR count). The summed E-state index contributed by atoms with van der Waals surface area (Å²) in [6.45, 7) is 1.43. The zero-order valence-corrected chi connectivity index (χ0v) is 15.4. The summed E-state index contributed by atoms with van der Waals surface area (Å²) in [5.74, 6) is -1.56. The van der Waals surface area contributed by atoms with Gasteiger partial charge in [-0.3, -0.25) is 9.59 Å². The largest absolute Gasteiger partial charge is 0.433 e. The number of primary amides is 1. The van der Waals surface area contributed by atoms with E-state index in [-0.39, 0.29) is 32.0 Å². The Morgan fingerprint density at radius 3 is 2.69 bits per heavy atom. The van der Waals surface area contributed by atoms with Gasteiger partial charge in [0, 0.05) is 23.8 Å². The maximum Gasteiger partial charge on any atom is 0.433 e. The van der Waals surface area contributed by atoms with Crippen molar-refractivity contribution in [3.63, 3.8) is 0 Å². The zero-order valence-electron chi connectivity index (χ0n) is 14.6. The summed E-state index contributed by atoms with van der Waals surface area (Å²) in [5, 5.41) is 6.83. The summed E-state index contributed by atoms with van der Waals surface area (Å²) in [7, 11) is 0. The van der Waals surface area contributed by atoms with Crippen molar-refractivity contribution in [1.29, 1.82) is 0 Å². The van der Waals surface area contributed by atoms with Crippen molar-refractivity contribution >= 4 is 44.7 Å². The second-order valence-corrected chi connectivity index (χ2v) is 7.08. The number of hydrogen-bond donors (Lipinski definition) is 2. The van der Waals surface area contributed by atoms with Crippen LogP contribution < -0.4 is 11.1 Å². The van der Waals surface area contributed by atoms with Crippen molar-refractivity contribution < 1.29 is 22.8 Å². The quantitative estimate of drug-likeness (QED) is 0.529. The first-order valence-electron chi connectivity index (χ1n) is 8.08.